The smallest absolute Gasteiger partial charge is 0.373 e. The molecule has 0 N–H and O–H groups in total. The molecule has 170 valence electrons. The molecule has 0 saturated heterocycles. The first-order valence-corrected chi connectivity index (χ1v) is 9.64. The predicted octanol–water partition coefficient (Wildman–Crippen LogP) is 5.53. The predicted molar refractivity (Wildman–Crippen MR) is 75.9 cm³/mol. The third-order valence-corrected chi connectivity index (χ3v) is 7.17. The lowest BCUT2D eigenvalue weighted by Crippen LogP contribution is -2.69. The molecule has 1 unspecified atom stereocenters. The van der Waals surface area contributed by atoms with Crippen molar-refractivity contribution < 1.29 is 61.6 Å². The molecule has 0 aromatic carbocycles. The SMILES string of the molecule is CCO[Si](OCC)(OCC)C(C)C(F)(F)C(F)(F)C(F)(F)C(F)(F)C(F)(F)F. The highest BCUT2D eigenvalue weighted by Crippen LogP contribution is 2.60. The molecule has 15 heteroatoms. The van der Waals surface area contributed by atoms with Gasteiger partial charge in [-0.25, -0.2) is 0 Å². The van der Waals surface area contributed by atoms with E-state index < -0.39 is 64.0 Å². The summed E-state index contributed by atoms with van der Waals surface area (Å²) in [5.74, 6) is -28.2. The van der Waals surface area contributed by atoms with Gasteiger partial charge in [-0.1, -0.05) is 6.92 Å². The Balaban J connectivity index is 6.43. The Hall–Kier alpha value is -0.673. The molecule has 1 atom stereocenters. The summed E-state index contributed by atoms with van der Waals surface area (Å²) in [6.45, 7) is 2.33. The van der Waals surface area contributed by atoms with Crippen LogP contribution in [0.15, 0.2) is 0 Å². The van der Waals surface area contributed by atoms with Crippen molar-refractivity contribution in [3.63, 3.8) is 0 Å². The molecule has 0 fully saturated rings. The van der Waals surface area contributed by atoms with E-state index in [2.05, 4.69) is 0 Å². The summed E-state index contributed by atoms with van der Waals surface area (Å²) in [6.07, 6.45) is -7.21. The summed E-state index contributed by atoms with van der Waals surface area (Å²) in [7, 11) is -4.92. The Morgan fingerprint density at radius 2 is 0.929 bits per heavy atom. The number of alkyl halides is 11. The van der Waals surface area contributed by atoms with Crippen molar-refractivity contribution in [1.29, 1.82) is 0 Å². The molecule has 0 aromatic rings. The lowest BCUT2D eigenvalue weighted by molar-refractivity contribution is -0.422. The van der Waals surface area contributed by atoms with Gasteiger partial charge in [-0.2, -0.15) is 48.3 Å². The lowest BCUT2D eigenvalue weighted by atomic mass is 9.96. The van der Waals surface area contributed by atoms with Crippen molar-refractivity contribution >= 4 is 8.80 Å². The molecule has 0 aliphatic heterocycles. The van der Waals surface area contributed by atoms with Crippen molar-refractivity contribution in [3.05, 3.63) is 0 Å². The first kappa shape index (κ1) is 27.3. The molecule has 0 aromatic heterocycles. The van der Waals surface area contributed by atoms with Crippen LogP contribution in [0.25, 0.3) is 0 Å². The monoisotopic (exact) mass is 460 g/mol. The van der Waals surface area contributed by atoms with Gasteiger partial charge >= 0.3 is 38.7 Å². The van der Waals surface area contributed by atoms with Gasteiger partial charge < -0.3 is 13.3 Å². The number of hydrogen-bond acceptors (Lipinski definition) is 3. The summed E-state index contributed by atoms with van der Waals surface area (Å²) in [4.78, 5) is 0. The standard InChI is InChI=1S/C13H19F11O3Si/c1-5-25-28(26-6-2,27-7-3)8(4)9(14,15)10(16,17)11(18,19)12(20,21)13(22,23)24/h8H,5-7H2,1-4H3. The highest BCUT2D eigenvalue weighted by Gasteiger charge is 2.88. The molecule has 0 saturated carbocycles. The minimum absolute atomic E-state index is 0.197. The molecule has 0 aliphatic rings. The Morgan fingerprint density at radius 3 is 1.18 bits per heavy atom. The molecular formula is C13H19F11O3Si. The maximum atomic E-state index is 14.3. The molecule has 0 amide bonds. The number of halogens is 11. The van der Waals surface area contributed by atoms with E-state index in [4.69, 9.17) is 13.3 Å². The maximum Gasteiger partial charge on any atom is 0.510 e. The van der Waals surface area contributed by atoms with Crippen LogP contribution in [0.4, 0.5) is 48.3 Å². The second-order valence-electron chi connectivity index (χ2n) is 5.47. The van der Waals surface area contributed by atoms with Gasteiger partial charge in [0.05, 0.1) is 5.54 Å². The molecule has 0 radical (unpaired) electrons. The molecule has 3 nitrogen and oxygen atoms in total. The van der Waals surface area contributed by atoms with Crippen LogP contribution in [0.2, 0.25) is 5.54 Å². The van der Waals surface area contributed by atoms with Gasteiger partial charge in [-0.15, -0.1) is 0 Å². The largest absolute Gasteiger partial charge is 0.510 e. The van der Waals surface area contributed by atoms with E-state index in [1.807, 2.05) is 0 Å². The van der Waals surface area contributed by atoms with Gasteiger partial charge in [0.1, 0.15) is 0 Å². The highest BCUT2D eigenvalue weighted by molar-refractivity contribution is 6.62. The van der Waals surface area contributed by atoms with Crippen molar-refractivity contribution in [1.82, 2.24) is 0 Å². The molecule has 0 heterocycles. The van der Waals surface area contributed by atoms with Crippen molar-refractivity contribution in [2.75, 3.05) is 19.8 Å². The normalized spacial score (nSPS) is 16.4. The Morgan fingerprint density at radius 1 is 0.607 bits per heavy atom. The van der Waals surface area contributed by atoms with Crippen LogP contribution in [-0.4, -0.2) is 58.5 Å². The first-order valence-electron chi connectivity index (χ1n) is 7.83. The fourth-order valence-corrected chi connectivity index (χ4v) is 5.01. The van der Waals surface area contributed by atoms with Crippen molar-refractivity contribution in [2.24, 2.45) is 0 Å². The van der Waals surface area contributed by atoms with E-state index in [1.54, 1.807) is 0 Å². The van der Waals surface area contributed by atoms with Crippen LogP contribution >= 0.6 is 0 Å². The average molecular weight is 460 g/mol. The number of hydrogen-bond donors (Lipinski definition) is 0. The van der Waals surface area contributed by atoms with Crippen molar-refractivity contribution in [2.45, 2.75) is 63.1 Å². The third-order valence-electron chi connectivity index (χ3n) is 3.67. The zero-order chi connectivity index (χ0) is 22.8. The fraction of sp³-hybridized carbons (Fsp3) is 1.00. The Kier molecular flexibility index (Phi) is 8.39. The summed E-state index contributed by atoms with van der Waals surface area (Å²) in [6, 6.07) is 0. The molecular weight excluding hydrogens is 441 g/mol. The average Bonchev–Trinajstić information content (AvgIpc) is 2.53. The van der Waals surface area contributed by atoms with Crippen LogP contribution in [0, 0.1) is 0 Å². The minimum atomic E-state index is -7.49. The van der Waals surface area contributed by atoms with Gasteiger partial charge in [0.15, 0.2) is 0 Å². The van der Waals surface area contributed by atoms with Crippen LogP contribution in [-0.2, 0) is 13.3 Å². The van der Waals surface area contributed by atoms with E-state index in [9.17, 15) is 48.3 Å². The second-order valence-corrected chi connectivity index (χ2v) is 8.41. The van der Waals surface area contributed by atoms with Gasteiger partial charge in [0.2, 0.25) is 0 Å². The summed E-state index contributed by atoms with van der Waals surface area (Å²) >= 11 is 0. The van der Waals surface area contributed by atoms with Gasteiger partial charge in [0.25, 0.3) is 0 Å². The quantitative estimate of drug-likeness (QED) is 0.300. The zero-order valence-electron chi connectivity index (χ0n) is 15.1. The zero-order valence-corrected chi connectivity index (χ0v) is 16.1. The second kappa shape index (κ2) is 8.59. The minimum Gasteiger partial charge on any atom is -0.373 e. The van der Waals surface area contributed by atoms with E-state index in [-0.39, 0.29) is 6.92 Å². The summed E-state index contributed by atoms with van der Waals surface area (Å²) < 4.78 is 160. The van der Waals surface area contributed by atoms with E-state index in [0.717, 1.165) is 0 Å². The molecule has 0 bridgehead atoms. The Bertz CT molecular complexity index is 493. The fourth-order valence-electron chi connectivity index (χ4n) is 2.18. The van der Waals surface area contributed by atoms with Crippen LogP contribution in [0.5, 0.6) is 0 Å². The molecule has 0 rings (SSSR count). The van der Waals surface area contributed by atoms with E-state index in [1.165, 1.54) is 20.8 Å². The first-order chi connectivity index (χ1) is 12.3. The third kappa shape index (κ3) is 4.26. The highest BCUT2D eigenvalue weighted by atomic mass is 28.4. The molecule has 28 heavy (non-hydrogen) atoms. The van der Waals surface area contributed by atoms with Crippen LogP contribution in [0.1, 0.15) is 27.7 Å². The number of rotatable bonds is 11. The van der Waals surface area contributed by atoms with E-state index in [0.29, 0.717) is 0 Å². The molecule has 0 aliphatic carbocycles. The van der Waals surface area contributed by atoms with Gasteiger partial charge in [-0.05, 0) is 20.8 Å². The lowest BCUT2D eigenvalue weighted by Gasteiger charge is -2.43. The summed E-state index contributed by atoms with van der Waals surface area (Å²) in [5.41, 5.74) is -3.09. The van der Waals surface area contributed by atoms with Crippen LogP contribution < -0.4 is 0 Å². The molecule has 0 spiro atoms. The van der Waals surface area contributed by atoms with Gasteiger partial charge in [0, 0.05) is 19.8 Å². The van der Waals surface area contributed by atoms with E-state index >= 15 is 0 Å². The Labute approximate surface area is 154 Å². The van der Waals surface area contributed by atoms with Crippen molar-refractivity contribution in [3.8, 4) is 0 Å². The maximum absolute atomic E-state index is 14.3. The summed E-state index contributed by atoms with van der Waals surface area (Å²) in [5, 5.41) is 0. The van der Waals surface area contributed by atoms with Gasteiger partial charge in [-0.3, -0.25) is 0 Å². The van der Waals surface area contributed by atoms with Crippen LogP contribution in [0.3, 0.4) is 0 Å². The topological polar surface area (TPSA) is 27.7 Å².